The second-order valence-electron chi connectivity index (χ2n) is 11.5. The normalized spacial score (nSPS) is 21.3. The molecule has 2 N–H and O–H groups in total. The zero-order valence-corrected chi connectivity index (χ0v) is 24.2. The van der Waals surface area contributed by atoms with Crippen LogP contribution in [0.1, 0.15) is 46.9 Å². The molecule has 9 heteroatoms. The Morgan fingerprint density at radius 3 is 2.21 bits per heavy atom. The van der Waals surface area contributed by atoms with Crippen LogP contribution in [-0.2, 0) is 11.3 Å². The van der Waals surface area contributed by atoms with Gasteiger partial charge in [0.25, 0.3) is 5.91 Å². The highest BCUT2D eigenvalue weighted by atomic mass is 19.1. The van der Waals surface area contributed by atoms with Crippen LogP contribution in [0.2, 0.25) is 0 Å². The molecule has 2 heterocycles. The smallest absolute Gasteiger partial charge is 0.317 e. The fourth-order valence-electron chi connectivity index (χ4n) is 6.22. The minimum Gasteiger partial charge on any atom is -0.508 e. The van der Waals surface area contributed by atoms with Crippen molar-refractivity contribution in [3.8, 4) is 5.75 Å². The fraction of sp³-hybridized carbons (Fsp3) is 0.394. The van der Waals surface area contributed by atoms with Crippen molar-refractivity contribution in [3.05, 3.63) is 101 Å². The number of phenolic OH excluding ortho intramolecular Hbond substituents is 1. The van der Waals surface area contributed by atoms with Crippen molar-refractivity contribution in [2.45, 2.75) is 38.5 Å². The molecule has 0 radical (unpaired) electrons. The number of benzene rings is 3. The third kappa shape index (κ3) is 6.98. The van der Waals surface area contributed by atoms with Gasteiger partial charge in [0.05, 0.1) is 12.6 Å². The van der Waals surface area contributed by atoms with E-state index in [1.807, 2.05) is 53.4 Å². The summed E-state index contributed by atoms with van der Waals surface area (Å²) in [6.45, 7) is 8.73. The van der Waals surface area contributed by atoms with E-state index in [-0.39, 0.29) is 42.1 Å². The van der Waals surface area contributed by atoms with Crippen molar-refractivity contribution in [1.82, 2.24) is 19.6 Å². The van der Waals surface area contributed by atoms with E-state index in [0.29, 0.717) is 31.7 Å². The Morgan fingerprint density at radius 2 is 1.55 bits per heavy atom. The first-order valence-electron chi connectivity index (χ1n) is 14.5. The van der Waals surface area contributed by atoms with Crippen LogP contribution in [0.15, 0.2) is 72.8 Å². The molecular weight excluding hydrogens is 535 g/mol. The van der Waals surface area contributed by atoms with Gasteiger partial charge in [0.15, 0.2) is 0 Å². The van der Waals surface area contributed by atoms with Crippen LogP contribution in [0, 0.1) is 5.82 Å². The molecule has 2 saturated heterocycles. The second kappa shape index (κ2) is 13.0. The Hall–Kier alpha value is -3.79. The number of rotatable bonds is 8. The highest BCUT2D eigenvalue weighted by Crippen LogP contribution is 2.35. The van der Waals surface area contributed by atoms with Crippen LogP contribution in [0.3, 0.4) is 0 Å². The number of amides is 1. The van der Waals surface area contributed by atoms with Gasteiger partial charge in [0.2, 0.25) is 0 Å². The molecule has 0 saturated carbocycles. The van der Waals surface area contributed by atoms with E-state index in [0.717, 1.165) is 36.3 Å². The summed E-state index contributed by atoms with van der Waals surface area (Å²) in [7, 11) is 0. The molecule has 8 nitrogen and oxygen atoms in total. The number of hydrogen-bond donors (Lipinski definition) is 2. The first kappa shape index (κ1) is 29.7. The Balaban J connectivity index is 1.38. The van der Waals surface area contributed by atoms with Crippen LogP contribution in [0.25, 0.3) is 0 Å². The lowest BCUT2D eigenvalue weighted by molar-refractivity contribution is -0.138. The number of carbonyl (C=O) groups is 2. The summed E-state index contributed by atoms with van der Waals surface area (Å²) in [5.74, 6) is -0.966. The highest BCUT2D eigenvalue weighted by Gasteiger charge is 2.35. The van der Waals surface area contributed by atoms with Crippen molar-refractivity contribution in [2.24, 2.45) is 0 Å². The standard InChI is InChI=1S/C33H39FN4O4/c1-23-20-38(24(2)19-37(23)21-25-9-11-29(34)12-10-25)32(27-6-4-8-30(39)18-27)26-5-3-7-28(17-26)33(42)36-15-13-35(14-16-36)22-31(40)41/h3-12,17-18,23-24,32,39H,13-16,19-22H2,1-2H3,(H,40,41)/t23-,24-,32?/m1/s1. The van der Waals surface area contributed by atoms with E-state index in [1.165, 1.54) is 12.1 Å². The van der Waals surface area contributed by atoms with E-state index < -0.39 is 5.97 Å². The largest absolute Gasteiger partial charge is 0.508 e. The van der Waals surface area contributed by atoms with E-state index in [9.17, 15) is 19.1 Å². The molecule has 5 rings (SSSR count). The van der Waals surface area contributed by atoms with Crippen molar-refractivity contribution in [2.75, 3.05) is 45.8 Å². The topological polar surface area (TPSA) is 87.6 Å². The minimum atomic E-state index is -0.861. The van der Waals surface area contributed by atoms with E-state index in [4.69, 9.17) is 5.11 Å². The van der Waals surface area contributed by atoms with Crippen molar-refractivity contribution < 1.29 is 24.2 Å². The molecule has 42 heavy (non-hydrogen) atoms. The van der Waals surface area contributed by atoms with Gasteiger partial charge < -0.3 is 15.1 Å². The van der Waals surface area contributed by atoms with Crippen molar-refractivity contribution in [1.29, 1.82) is 0 Å². The molecule has 0 spiro atoms. The van der Waals surface area contributed by atoms with E-state index in [1.54, 1.807) is 17.0 Å². The monoisotopic (exact) mass is 574 g/mol. The summed E-state index contributed by atoms with van der Waals surface area (Å²) in [5.41, 5.74) is 3.60. The molecule has 2 aliphatic heterocycles. The molecule has 2 fully saturated rings. The highest BCUT2D eigenvalue weighted by molar-refractivity contribution is 5.94. The number of piperazine rings is 2. The molecule has 222 valence electrons. The molecule has 0 bridgehead atoms. The predicted octanol–water partition coefficient (Wildman–Crippen LogP) is 4.06. The van der Waals surface area contributed by atoms with E-state index in [2.05, 4.69) is 23.6 Å². The number of carboxylic acid groups (broad SMARTS) is 1. The van der Waals surface area contributed by atoms with Crippen molar-refractivity contribution >= 4 is 11.9 Å². The van der Waals surface area contributed by atoms with Gasteiger partial charge in [-0.05, 0) is 66.9 Å². The molecule has 3 aromatic rings. The van der Waals surface area contributed by atoms with Gasteiger partial charge in [0, 0.05) is 63.5 Å². The second-order valence-corrected chi connectivity index (χ2v) is 11.5. The quantitative estimate of drug-likeness (QED) is 0.420. The summed E-state index contributed by atoms with van der Waals surface area (Å²) in [6.07, 6.45) is 0. The Morgan fingerprint density at radius 1 is 0.881 bits per heavy atom. The van der Waals surface area contributed by atoms with Crippen LogP contribution in [0.4, 0.5) is 4.39 Å². The fourth-order valence-corrected chi connectivity index (χ4v) is 6.22. The van der Waals surface area contributed by atoms with Gasteiger partial charge in [-0.15, -0.1) is 0 Å². The van der Waals surface area contributed by atoms with Crippen LogP contribution in [-0.4, -0.2) is 99.6 Å². The Kier molecular flexibility index (Phi) is 9.21. The molecule has 1 unspecified atom stereocenters. The Labute approximate surface area is 246 Å². The third-order valence-electron chi connectivity index (χ3n) is 8.45. The van der Waals surface area contributed by atoms with Gasteiger partial charge in [-0.25, -0.2) is 4.39 Å². The number of nitrogens with zero attached hydrogens (tertiary/aromatic N) is 4. The van der Waals surface area contributed by atoms with Crippen LogP contribution < -0.4 is 0 Å². The maximum Gasteiger partial charge on any atom is 0.317 e. The average Bonchev–Trinajstić information content (AvgIpc) is 2.97. The lowest BCUT2D eigenvalue weighted by Crippen LogP contribution is -2.56. The number of aliphatic carboxylic acids is 1. The predicted molar refractivity (Wildman–Crippen MR) is 159 cm³/mol. The molecule has 3 aromatic carbocycles. The van der Waals surface area contributed by atoms with Gasteiger partial charge in [0.1, 0.15) is 11.6 Å². The first-order chi connectivity index (χ1) is 20.2. The van der Waals surface area contributed by atoms with Crippen molar-refractivity contribution in [3.63, 3.8) is 0 Å². The SMILES string of the molecule is C[C@@H]1CN(C(c2cccc(O)c2)c2cccc(C(=O)N3CCN(CC(=O)O)CC3)c2)[C@H](C)CN1Cc1ccc(F)cc1. The number of phenols is 1. The summed E-state index contributed by atoms with van der Waals surface area (Å²) >= 11 is 0. The maximum absolute atomic E-state index is 13.5. The number of carboxylic acids is 1. The third-order valence-corrected chi connectivity index (χ3v) is 8.45. The summed E-state index contributed by atoms with van der Waals surface area (Å²) < 4.78 is 13.5. The van der Waals surface area contributed by atoms with Gasteiger partial charge in [-0.1, -0.05) is 36.4 Å². The number of carbonyl (C=O) groups excluding carboxylic acids is 1. The first-order valence-corrected chi connectivity index (χ1v) is 14.5. The van der Waals surface area contributed by atoms with Crippen LogP contribution in [0.5, 0.6) is 5.75 Å². The van der Waals surface area contributed by atoms with E-state index >= 15 is 0 Å². The van der Waals surface area contributed by atoms with Crippen LogP contribution >= 0.6 is 0 Å². The Bertz CT molecular complexity index is 1390. The summed E-state index contributed by atoms with van der Waals surface area (Å²) in [6, 6.07) is 22.0. The number of aromatic hydroxyl groups is 1. The summed E-state index contributed by atoms with van der Waals surface area (Å²) in [4.78, 5) is 33.1. The lowest BCUT2D eigenvalue weighted by atomic mass is 9.92. The molecule has 3 atom stereocenters. The summed E-state index contributed by atoms with van der Waals surface area (Å²) in [5, 5.41) is 19.5. The lowest BCUT2D eigenvalue weighted by Gasteiger charge is -2.47. The molecule has 1 amide bonds. The number of halogens is 1. The molecule has 2 aliphatic rings. The zero-order chi connectivity index (χ0) is 29.8. The minimum absolute atomic E-state index is 0.0170. The maximum atomic E-state index is 13.5. The molecule has 0 aliphatic carbocycles. The molecular formula is C33H39FN4O4. The van der Waals surface area contributed by atoms with Gasteiger partial charge >= 0.3 is 5.97 Å². The number of hydrogen-bond acceptors (Lipinski definition) is 6. The average molecular weight is 575 g/mol. The van der Waals surface area contributed by atoms with Gasteiger partial charge in [-0.2, -0.15) is 0 Å². The van der Waals surface area contributed by atoms with Gasteiger partial charge in [-0.3, -0.25) is 24.3 Å². The zero-order valence-electron chi connectivity index (χ0n) is 24.2. The molecule has 0 aromatic heterocycles.